The van der Waals surface area contributed by atoms with Crippen LogP contribution in [0, 0.1) is 0 Å². The van der Waals surface area contributed by atoms with Crippen LogP contribution in [0.3, 0.4) is 0 Å². The molecule has 0 unspecified atom stereocenters. The van der Waals surface area contributed by atoms with E-state index in [0.717, 1.165) is 0 Å². The predicted molar refractivity (Wildman–Crippen MR) is 121 cm³/mol. The molecule has 0 atom stereocenters. The Hall–Kier alpha value is -4.51. The summed E-state index contributed by atoms with van der Waals surface area (Å²) in [5.41, 5.74) is 2.69. The highest BCUT2D eigenvalue weighted by Gasteiger charge is 2.23. The first-order chi connectivity index (χ1) is 15.5. The highest BCUT2D eigenvalue weighted by Crippen LogP contribution is 2.33. The van der Waals surface area contributed by atoms with Crippen LogP contribution in [0.1, 0.15) is 36.6 Å². The zero-order chi connectivity index (χ0) is 22.7. The fraction of sp³-hybridized carbons (Fsp3) is 0. The molecule has 0 aromatic heterocycles. The van der Waals surface area contributed by atoms with E-state index in [0.29, 0.717) is 27.8 Å². The quantitative estimate of drug-likeness (QED) is 0.392. The van der Waals surface area contributed by atoms with Gasteiger partial charge in [-0.3, -0.25) is 4.79 Å². The number of hydrogen-bond acceptors (Lipinski definition) is 3. The highest BCUT2D eigenvalue weighted by atomic mass is 16.4. The van der Waals surface area contributed by atoms with Crippen LogP contribution in [0.5, 0.6) is 0 Å². The molecule has 4 aromatic rings. The second-order valence-electron chi connectivity index (χ2n) is 7.16. The maximum atomic E-state index is 13.8. The maximum absolute atomic E-state index is 13.8. The number of carboxylic acid groups (broad SMARTS) is 2. The first-order valence-electron chi connectivity index (χ1n) is 9.86. The number of rotatable bonds is 6. The minimum absolute atomic E-state index is 0.0190. The molecule has 0 spiro atoms. The largest absolute Gasteiger partial charge is 0.478 e. The number of carbonyl (C=O) groups is 3. The molecule has 5 nitrogen and oxygen atoms in total. The first-order valence-corrected chi connectivity index (χ1v) is 9.86. The third kappa shape index (κ3) is 3.91. The van der Waals surface area contributed by atoms with Gasteiger partial charge in [0.25, 0.3) is 0 Å². The summed E-state index contributed by atoms with van der Waals surface area (Å²) < 4.78 is 0. The topological polar surface area (TPSA) is 91.7 Å². The molecule has 156 valence electrons. The molecule has 4 aromatic carbocycles. The van der Waals surface area contributed by atoms with E-state index in [1.165, 1.54) is 30.3 Å². The summed E-state index contributed by atoms with van der Waals surface area (Å²) in [5, 5.41) is 19.2. The van der Waals surface area contributed by atoms with E-state index in [-0.39, 0.29) is 22.5 Å². The SMILES string of the molecule is O=C(O)c1ccc(C(=O)c2cccc(C(=O)O)c2-c2ccccc2)c(-c2ccccc2)c1. The van der Waals surface area contributed by atoms with E-state index in [9.17, 15) is 24.6 Å². The highest BCUT2D eigenvalue weighted by molar-refractivity contribution is 6.18. The van der Waals surface area contributed by atoms with Crippen LogP contribution < -0.4 is 0 Å². The Morgan fingerprint density at radius 1 is 0.531 bits per heavy atom. The average molecular weight is 422 g/mol. The zero-order valence-corrected chi connectivity index (χ0v) is 16.9. The molecule has 0 radical (unpaired) electrons. The van der Waals surface area contributed by atoms with Crippen LogP contribution in [0.15, 0.2) is 97.1 Å². The summed E-state index contributed by atoms with van der Waals surface area (Å²) >= 11 is 0. The Morgan fingerprint density at radius 3 is 1.72 bits per heavy atom. The predicted octanol–water partition coefficient (Wildman–Crippen LogP) is 5.65. The number of carboxylic acids is 2. The Kier molecular flexibility index (Phi) is 5.64. The van der Waals surface area contributed by atoms with Crippen LogP contribution in [0.25, 0.3) is 22.3 Å². The van der Waals surface area contributed by atoms with Crippen molar-refractivity contribution in [3.63, 3.8) is 0 Å². The molecule has 0 amide bonds. The van der Waals surface area contributed by atoms with E-state index in [1.807, 2.05) is 12.1 Å². The van der Waals surface area contributed by atoms with E-state index in [4.69, 9.17) is 0 Å². The van der Waals surface area contributed by atoms with Gasteiger partial charge in [-0.2, -0.15) is 0 Å². The molecule has 4 rings (SSSR count). The molecule has 0 fully saturated rings. The van der Waals surface area contributed by atoms with Gasteiger partial charge >= 0.3 is 11.9 Å². The fourth-order valence-electron chi connectivity index (χ4n) is 3.71. The maximum Gasteiger partial charge on any atom is 0.336 e. The van der Waals surface area contributed by atoms with Gasteiger partial charge in [0.1, 0.15) is 0 Å². The summed E-state index contributed by atoms with van der Waals surface area (Å²) in [6.07, 6.45) is 0. The molecule has 2 N–H and O–H groups in total. The van der Waals surface area contributed by atoms with Crippen molar-refractivity contribution in [1.82, 2.24) is 0 Å². The lowest BCUT2D eigenvalue weighted by molar-refractivity contribution is 0.0686. The van der Waals surface area contributed by atoms with Crippen molar-refractivity contribution in [1.29, 1.82) is 0 Å². The molecule has 0 saturated carbocycles. The monoisotopic (exact) mass is 422 g/mol. The standard InChI is InChI=1S/C27H18O5/c28-25(20-15-14-19(26(29)30)16-23(20)17-8-3-1-4-9-17)21-12-7-13-22(27(31)32)24(21)18-10-5-2-6-11-18/h1-16H,(H,29,30)(H,31,32). The smallest absolute Gasteiger partial charge is 0.336 e. The van der Waals surface area contributed by atoms with Gasteiger partial charge in [-0.05, 0) is 41.0 Å². The summed E-state index contributed by atoms with van der Waals surface area (Å²) in [7, 11) is 0. The van der Waals surface area contributed by atoms with Crippen molar-refractivity contribution in [2.45, 2.75) is 0 Å². The Morgan fingerprint density at radius 2 is 1.12 bits per heavy atom. The van der Waals surface area contributed by atoms with Crippen molar-refractivity contribution < 1.29 is 24.6 Å². The zero-order valence-electron chi connectivity index (χ0n) is 16.9. The molecular weight excluding hydrogens is 404 g/mol. The van der Waals surface area contributed by atoms with Crippen LogP contribution in [-0.2, 0) is 0 Å². The van der Waals surface area contributed by atoms with E-state index < -0.39 is 11.9 Å². The Bertz CT molecular complexity index is 1330. The van der Waals surface area contributed by atoms with Crippen molar-refractivity contribution in [3.05, 3.63) is 119 Å². The minimum atomic E-state index is -1.14. The van der Waals surface area contributed by atoms with Crippen LogP contribution in [0.2, 0.25) is 0 Å². The van der Waals surface area contributed by atoms with Gasteiger partial charge in [0, 0.05) is 16.7 Å². The van der Waals surface area contributed by atoms with Crippen LogP contribution >= 0.6 is 0 Å². The summed E-state index contributed by atoms with van der Waals surface area (Å²) in [6.45, 7) is 0. The lowest BCUT2D eigenvalue weighted by atomic mass is 9.87. The number of carbonyl (C=O) groups excluding carboxylic acids is 1. The summed E-state index contributed by atoms with van der Waals surface area (Å²) in [5.74, 6) is -2.62. The van der Waals surface area contributed by atoms with E-state index in [2.05, 4.69) is 0 Å². The van der Waals surface area contributed by atoms with Gasteiger partial charge in [-0.15, -0.1) is 0 Å². The van der Waals surface area contributed by atoms with Crippen molar-refractivity contribution in [3.8, 4) is 22.3 Å². The van der Waals surface area contributed by atoms with Gasteiger partial charge in [0.15, 0.2) is 5.78 Å². The molecule has 0 aliphatic carbocycles. The third-order valence-corrected chi connectivity index (χ3v) is 5.20. The lowest BCUT2D eigenvalue weighted by Crippen LogP contribution is -2.10. The minimum Gasteiger partial charge on any atom is -0.478 e. The van der Waals surface area contributed by atoms with Crippen molar-refractivity contribution in [2.24, 2.45) is 0 Å². The third-order valence-electron chi connectivity index (χ3n) is 5.20. The summed E-state index contributed by atoms with van der Waals surface area (Å²) in [4.78, 5) is 37.2. The number of benzene rings is 4. The molecular formula is C27H18O5. The molecule has 0 saturated heterocycles. The number of ketones is 1. The molecule has 0 aliphatic heterocycles. The second kappa shape index (κ2) is 8.70. The normalized spacial score (nSPS) is 10.5. The van der Waals surface area contributed by atoms with E-state index in [1.54, 1.807) is 54.6 Å². The Balaban J connectivity index is 1.96. The molecule has 0 bridgehead atoms. The van der Waals surface area contributed by atoms with Crippen molar-refractivity contribution in [2.75, 3.05) is 0 Å². The van der Waals surface area contributed by atoms with Gasteiger partial charge in [-0.25, -0.2) is 9.59 Å². The van der Waals surface area contributed by atoms with Gasteiger partial charge in [0.05, 0.1) is 11.1 Å². The second-order valence-corrected chi connectivity index (χ2v) is 7.16. The molecule has 32 heavy (non-hydrogen) atoms. The number of hydrogen-bond donors (Lipinski definition) is 2. The van der Waals surface area contributed by atoms with E-state index >= 15 is 0 Å². The molecule has 5 heteroatoms. The van der Waals surface area contributed by atoms with Gasteiger partial charge < -0.3 is 10.2 Å². The van der Waals surface area contributed by atoms with Crippen molar-refractivity contribution >= 4 is 17.7 Å². The molecule has 0 aliphatic rings. The lowest BCUT2D eigenvalue weighted by Gasteiger charge is -2.15. The van der Waals surface area contributed by atoms with Crippen LogP contribution in [-0.4, -0.2) is 27.9 Å². The first kappa shape index (κ1) is 20.8. The fourth-order valence-corrected chi connectivity index (χ4v) is 3.71. The average Bonchev–Trinajstić information content (AvgIpc) is 2.83. The summed E-state index contributed by atoms with van der Waals surface area (Å²) in [6, 6.07) is 26.8. The Labute approximate surface area is 184 Å². The molecule has 0 heterocycles. The van der Waals surface area contributed by atoms with Gasteiger partial charge in [-0.1, -0.05) is 72.8 Å². The van der Waals surface area contributed by atoms with Gasteiger partial charge in [0.2, 0.25) is 0 Å². The van der Waals surface area contributed by atoms with Crippen LogP contribution in [0.4, 0.5) is 0 Å². The number of aromatic carboxylic acids is 2.